The number of morpholine rings is 1. The fraction of sp³-hybridized carbons (Fsp3) is 1.00. The van der Waals surface area contributed by atoms with Crippen LogP contribution in [0.25, 0.3) is 0 Å². The minimum absolute atomic E-state index is 0.426. The molecule has 2 heterocycles. The summed E-state index contributed by atoms with van der Waals surface area (Å²) in [6.45, 7) is 6.83. The van der Waals surface area contributed by atoms with Gasteiger partial charge in [0.25, 0.3) is 0 Å². The van der Waals surface area contributed by atoms with Crippen LogP contribution in [0, 0.1) is 5.92 Å². The molecule has 4 atom stereocenters. The molecule has 2 saturated heterocycles. The van der Waals surface area contributed by atoms with Gasteiger partial charge in [0.2, 0.25) is 0 Å². The maximum atomic E-state index is 6.05. The Bertz CT molecular complexity index is 297. The average molecular weight is 280 g/mol. The molecule has 3 nitrogen and oxygen atoms in total. The SMILES string of the molecule is CCC1CCCC(NCC2CN3CCCC3CO2)CC1. The van der Waals surface area contributed by atoms with Crippen LogP contribution in [0.3, 0.4) is 0 Å². The van der Waals surface area contributed by atoms with E-state index in [-0.39, 0.29) is 0 Å². The molecule has 4 unspecified atom stereocenters. The van der Waals surface area contributed by atoms with Crippen molar-refractivity contribution in [1.29, 1.82) is 0 Å². The molecular formula is C17H32N2O. The number of ether oxygens (including phenoxy) is 1. The second-order valence-corrected chi connectivity index (χ2v) is 7.13. The van der Waals surface area contributed by atoms with Crippen molar-refractivity contribution in [3.05, 3.63) is 0 Å². The Hall–Kier alpha value is -0.120. The van der Waals surface area contributed by atoms with Crippen molar-refractivity contribution in [2.45, 2.75) is 76.5 Å². The molecule has 1 saturated carbocycles. The van der Waals surface area contributed by atoms with Crippen LogP contribution < -0.4 is 5.32 Å². The van der Waals surface area contributed by atoms with Crippen molar-refractivity contribution < 1.29 is 4.74 Å². The molecule has 0 amide bonds. The van der Waals surface area contributed by atoms with E-state index in [1.807, 2.05) is 0 Å². The van der Waals surface area contributed by atoms with E-state index in [4.69, 9.17) is 4.74 Å². The molecule has 3 aliphatic rings. The molecule has 0 radical (unpaired) electrons. The third-order valence-electron chi connectivity index (χ3n) is 5.76. The van der Waals surface area contributed by atoms with Crippen LogP contribution in [0.4, 0.5) is 0 Å². The van der Waals surface area contributed by atoms with Crippen LogP contribution in [0.1, 0.15) is 58.3 Å². The monoisotopic (exact) mass is 280 g/mol. The predicted octanol–water partition coefficient (Wildman–Crippen LogP) is 2.80. The molecule has 1 N–H and O–H groups in total. The molecule has 2 aliphatic heterocycles. The van der Waals surface area contributed by atoms with Gasteiger partial charge >= 0.3 is 0 Å². The Morgan fingerprint density at radius 1 is 1.10 bits per heavy atom. The molecule has 3 rings (SSSR count). The number of nitrogens with zero attached hydrogens (tertiary/aromatic N) is 1. The van der Waals surface area contributed by atoms with Gasteiger partial charge in [-0.2, -0.15) is 0 Å². The summed E-state index contributed by atoms with van der Waals surface area (Å²) in [6.07, 6.45) is 11.5. The minimum Gasteiger partial charge on any atom is -0.374 e. The zero-order valence-electron chi connectivity index (χ0n) is 13.2. The number of rotatable bonds is 4. The van der Waals surface area contributed by atoms with Crippen molar-refractivity contribution >= 4 is 0 Å². The lowest BCUT2D eigenvalue weighted by atomic mass is 9.98. The van der Waals surface area contributed by atoms with Crippen molar-refractivity contribution in [1.82, 2.24) is 10.2 Å². The highest BCUT2D eigenvalue weighted by atomic mass is 16.5. The second-order valence-electron chi connectivity index (χ2n) is 7.13. The van der Waals surface area contributed by atoms with Crippen LogP contribution in [-0.2, 0) is 4.74 Å². The molecule has 1 aliphatic carbocycles. The summed E-state index contributed by atoms with van der Waals surface area (Å²) < 4.78 is 6.05. The highest BCUT2D eigenvalue weighted by Crippen LogP contribution is 2.26. The summed E-state index contributed by atoms with van der Waals surface area (Å²) in [5.74, 6) is 0.984. The number of nitrogens with one attached hydrogen (secondary N) is 1. The fourth-order valence-corrected chi connectivity index (χ4v) is 4.30. The number of fused-ring (bicyclic) bond motifs is 1. The van der Waals surface area contributed by atoms with Gasteiger partial charge in [-0.1, -0.05) is 26.2 Å². The summed E-state index contributed by atoms with van der Waals surface area (Å²) in [5, 5.41) is 3.80. The lowest BCUT2D eigenvalue weighted by Gasteiger charge is -2.36. The summed E-state index contributed by atoms with van der Waals surface area (Å²) in [7, 11) is 0. The van der Waals surface area contributed by atoms with Gasteiger partial charge in [-0.25, -0.2) is 0 Å². The van der Waals surface area contributed by atoms with Crippen molar-refractivity contribution in [3.63, 3.8) is 0 Å². The molecule has 20 heavy (non-hydrogen) atoms. The highest BCUT2D eigenvalue weighted by molar-refractivity contribution is 4.86. The van der Waals surface area contributed by atoms with Gasteiger partial charge in [0, 0.05) is 25.2 Å². The van der Waals surface area contributed by atoms with Crippen LogP contribution in [0.2, 0.25) is 0 Å². The lowest BCUT2D eigenvalue weighted by Crippen LogP contribution is -2.50. The van der Waals surface area contributed by atoms with Gasteiger partial charge in [-0.3, -0.25) is 4.90 Å². The molecule has 116 valence electrons. The van der Waals surface area contributed by atoms with Gasteiger partial charge in [0.1, 0.15) is 0 Å². The van der Waals surface area contributed by atoms with E-state index in [2.05, 4.69) is 17.1 Å². The molecule has 0 spiro atoms. The Morgan fingerprint density at radius 3 is 2.95 bits per heavy atom. The summed E-state index contributed by atoms with van der Waals surface area (Å²) in [4.78, 5) is 2.65. The predicted molar refractivity (Wildman–Crippen MR) is 83.0 cm³/mol. The van der Waals surface area contributed by atoms with Gasteiger partial charge in [0.05, 0.1) is 12.7 Å². The van der Waals surface area contributed by atoms with Gasteiger partial charge in [-0.15, -0.1) is 0 Å². The minimum atomic E-state index is 0.426. The van der Waals surface area contributed by atoms with Crippen LogP contribution in [0.15, 0.2) is 0 Å². The van der Waals surface area contributed by atoms with E-state index < -0.39 is 0 Å². The fourth-order valence-electron chi connectivity index (χ4n) is 4.30. The van der Waals surface area contributed by atoms with Gasteiger partial charge in [0.15, 0.2) is 0 Å². The third-order valence-corrected chi connectivity index (χ3v) is 5.76. The van der Waals surface area contributed by atoms with Crippen LogP contribution in [-0.4, -0.2) is 49.3 Å². The summed E-state index contributed by atoms with van der Waals surface area (Å²) >= 11 is 0. The van der Waals surface area contributed by atoms with E-state index >= 15 is 0 Å². The first-order valence-corrected chi connectivity index (χ1v) is 8.94. The first-order valence-electron chi connectivity index (χ1n) is 8.94. The summed E-state index contributed by atoms with van der Waals surface area (Å²) in [6, 6.07) is 1.47. The largest absolute Gasteiger partial charge is 0.374 e. The van der Waals surface area contributed by atoms with Gasteiger partial charge < -0.3 is 10.1 Å². The van der Waals surface area contributed by atoms with Gasteiger partial charge in [-0.05, 0) is 44.6 Å². The Labute approximate surface area is 124 Å². The van der Waals surface area contributed by atoms with E-state index in [0.29, 0.717) is 6.10 Å². The standard InChI is InChI=1S/C17H32N2O/c1-2-14-5-3-6-15(9-8-14)18-11-17-12-19-10-4-7-16(19)13-20-17/h14-18H,2-13H2,1H3. The average Bonchev–Trinajstić information content (AvgIpc) is 2.82. The van der Waals surface area contributed by atoms with Crippen molar-refractivity contribution in [2.75, 3.05) is 26.2 Å². The maximum absolute atomic E-state index is 6.05. The molecule has 0 aromatic heterocycles. The lowest BCUT2D eigenvalue weighted by molar-refractivity contribution is -0.0480. The Morgan fingerprint density at radius 2 is 2.05 bits per heavy atom. The summed E-state index contributed by atoms with van der Waals surface area (Å²) in [5.41, 5.74) is 0. The highest BCUT2D eigenvalue weighted by Gasteiger charge is 2.32. The van der Waals surface area contributed by atoms with Crippen molar-refractivity contribution in [2.24, 2.45) is 5.92 Å². The van der Waals surface area contributed by atoms with E-state index in [0.717, 1.165) is 37.7 Å². The number of hydrogen-bond acceptors (Lipinski definition) is 3. The topological polar surface area (TPSA) is 24.5 Å². The first-order chi connectivity index (χ1) is 9.85. The van der Waals surface area contributed by atoms with E-state index in [1.165, 1.54) is 57.9 Å². The molecule has 3 heteroatoms. The zero-order valence-corrected chi connectivity index (χ0v) is 13.2. The Kier molecular flexibility index (Phi) is 5.36. The molecule has 0 aromatic carbocycles. The maximum Gasteiger partial charge on any atom is 0.0827 e. The van der Waals surface area contributed by atoms with E-state index in [1.54, 1.807) is 0 Å². The molecular weight excluding hydrogens is 248 g/mol. The quantitative estimate of drug-likeness (QED) is 0.802. The molecule has 3 fully saturated rings. The van der Waals surface area contributed by atoms with Crippen LogP contribution >= 0.6 is 0 Å². The molecule has 0 bridgehead atoms. The normalized spacial score (nSPS) is 39.5. The first kappa shape index (κ1) is 14.8. The third kappa shape index (κ3) is 3.75. The Balaban J connectivity index is 1.38. The smallest absolute Gasteiger partial charge is 0.0827 e. The van der Waals surface area contributed by atoms with Crippen LogP contribution in [0.5, 0.6) is 0 Å². The molecule has 0 aromatic rings. The van der Waals surface area contributed by atoms with Crippen molar-refractivity contribution in [3.8, 4) is 0 Å². The number of hydrogen-bond donors (Lipinski definition) is 1. The zero-order chi connectivity index (χ0) is 13.8. The second kappa shape index (κ2) is 7.24. The van der Waals surface area contributed by atoms with E-state index in [9.17, 15) is 0 Å².